The van der Waals surface area contributed by atoms with Crippen LogP contribution in [-0.2, 0) is 0 Å². The van der Waals surface area contributed by atoms with Crippen molar-refractivity contribution in [1.82, 2.24) is 4.98 Å². The molecule has 0 radical (unpaired) electrons. The van der Waals surface area contributed by atoms with E-state index in [0.717, 1.165) is 88.3 Å². The van der Waals surface area contributed by atoms with Crippen molar-refractivity contribution in [2.45, 2.75) is 0 Å². The van der Waals surface area contributed by atoms with Crippen LogP contribution in [0.4, 0.5) is 0 Å². The van der Waals surface area contributed by atoms with E-state index in [2.05, 4.69) is 147 Å². The van der Waals surface area contributed by atoms with Gasteiger partial charge in [-0.3, -0.25) is 0 Å². The van der Waals surface area contributed by atoms with E-state index in [1.165, 1.54) is 11.1 Å². The Morgan fingerprint density at radius 3 is 1.61 bits per heavy atom. The predicted molar refractivity (Wildman–Crippen MR) is 208 cm³/mol. The number of rotatable bonds is 6. The topological polar surface area (TPSA) is 26.0 Å². The number of para-hydroxylation sites is 1. The van der Waals surface area contributed by atoms with Crippen LogP contribution in [0.5, 0.6) is 0 Å². The molecule has 0 amide bonds. The van der Waals surface area contributed by atoms with Crippen LogP contribution in [0.25, 0.3) is 100 Å². The second-order valence-electron chi connectivity index (χ2n) is 12.4. The molecule has 230 valence electrons. The number of hydrogen-bond acceptors (Lipinski definition) is 2. The minimum absolute atomic E-state index is 0.786. The lowest BCUT2D eigenvalue weighted by Crippen LogP contribution is -1.97. The summed E-state index contributed by atoms with van der Waals surface area (Å²) in [4.78, 5) is 5.03. The van der Waals surface area contributed by atoms with Gasteiger partial charge in [0.15, 0.2) is 5.58 Å². The summed E-state index contributed by atoms with van der Waals surface area (Å²) in [5.74, 6) is 0. The average molecular weight is 626 g/mol. The van der Waals surface area contributed by atoms with Crippen LogP contribution in [0.3, 0.4) is 0 Å². The Morgan fingerprint density at radius 2 is 0.980 bits per heavy atom. The van der Waals surface area contributed by atoms with E-state index in [1.807, 2.05) is 30.4 Å². The van der Waals surface area contributed by atoms with Gasteiger partial charge in [0.05, 0.1) is 5.52 Å². The Hall–Kier alpha value is -6.51. The molecule has 0 N–H and O–H groups in total. The summed E-state index contributed by atoms with van der Waals surface area (Å²) < 4.78 is 6.31. The molecular weight excluding hydrogens is 595 g/mol. The molecule has 2 aromatic heterocycles. The fourth-order valence-corrected chi connectivity index (χ4v) is 7.34. The largest absolute Gasteiger partial charge is 0.454 e. The molecule has 0 aliphatic heterocycles. The maximum absolute atomic E-state index is 6.31. The molecule has 0 aliphatic carbocycles. The van der Waals surface area contributed by atoms with Crippen LogP contribution in [0.15, 0.2) is 169 Å². The Kier molecular flexibility index (Phi) is 6.81. The zero-order valence-corrected chi connectivity index (χ0v) is 26.9. The number of fused-ring (bicyclic) bond motifs is 5. The van der Waals surface area contributed by atoms with Gasteiger partial charge in [0.2, 0.25) is 0 Å². The Bertz CT molecular complexity index is 2680. The minimum Gasteiger partial charge on any atom is -0.454 e. The van der Waals surface area contributed by atoms with Crippen LogP contribution >= 0.6 is 0 Å². The highest BCUT2D eigenvalue weighted by molar-refractivity contribution is 6.14. The molecule has 9 rings (SSSR count). The number of aromatic nitrogens is 1. The molecule has 0 saturated carbocycles. The fraction of sp³-hybridized carbons (Fsp3) is 0. The number of nitrogens with zero attached hydrogens (tertiary/aromatic N) is 1. The molecular formula is C47H31NO. The third kappa shape index (κ3) is 4.77. The van der Waals surface area contributed by atoms with Gasteiger partial charge in [-0.05, 0) is 109 Å². The fourth-order valence-electron chi connectivity index (χ4n) is 7.34. The van der Waals surface area contributed by atoms with Gasteiger partial charge in [-0.15, -0.1) is 0 Å². The molecule has 0 fully saturated rings. The highest BCUT2D eigenvalue weighted by atomic mass is 16.3. The summed E-state index contributed by atoms with van der Waals surface area (Å²) in [5.41, 5.74) is 14.7. The Balaban J connectivity index is 1.33. The average Bonchev–Trinajstić information content (AvgIpc) is 3.52. The van der Waals surface area contributed by atoms with Gasteiger partial charge >= 0.3 is 0 Å². The first kappa shape index (κ1) is 28.7. The van der Waals surface area contributed by atoms with E-state index in [4.69, 9.17) is 9.40 Å². The molecule has 0 spiro atoms. The molecule has 2 nitrogen and oxygen atoms in total. The molecule has 2 heterocycles. The first-order valence-electron chi connectivity index (χ1n) is 16.5. The van der Waals surface area contributed by atoms with Crippen molar-refractivity contribution >= 4 is 55.9 Å². The highest BCUT2D eigenvalue weighted by Gasteiger charge is 2.21. The molecule has 7 aromatic carbocycles. The molecule has 0 bridgehead atoms. The van der Waals surface area contributed by atoms with E-state index in [1.54, 1.807) is 0 Å². The summed E-state index contributed by atoms with van der Waals surface area (Å²) in [7, 11) is 0. The first-order chi connectivity index (χ1) is 24.2. The molecule has 49 heavy (non-hydrogen) atoms. The Morgan fingerprint density at radius 1 is 0.429 bits per heavy atom. The summed E-state index contributed by atoms with van der Waals surface area (Å²) in [6.07, 6.45) is 3.96. The van der Waals surface area contributed by atoms with Crippen molar-refractivity contribution in [2.24, 2.45) is 0 Å². The quantitative estimate of drug-likeness (QED) is 0.184. The number of pyridine rings is 1. The zero-order chi connectivity index (χ0) is 32.9. The summed E-state index contributed by atoms with van der Waals surface area (Å²) >= 11 is 0. The van der Waals surface area contributed by atoms with Crippen LogP contribution in [0, 0.1) is 0 Å². The van der Waals surface area contributed by atoms with Crippen LogP contribution in [0.2, 0.25) is 0 Å². The van der Waals surface area contributed by atoms with Gasteiger partial charge < -0.3 is 4.42 Å². The van der Waals surface area contributed by atoms with Crippen molar-refractivity contribution < 1.29 is 4.42 Å². The van der Waals surface area contributed by atoms with Gasteiger partial charge in [-0.2, -0.15) is 0 Å². The van der Waals surface area contributed by atoms with E-state index >= 15 is 0 Å². The molecule has 0 unspecified atom stereocenters. The Labute approximate surface area is 284 Å². The SMILES string of the molecule is C=Cc1c(C=C)c(-c2ccc3oc4cc5ccccc5nc4c3c2)c2ccccc2c1-c1cc(-c2ccccc2)cc(-c2ccccc2)c1. The second kappa shape index (κ2) is 11.6. The van der Waals surface area contributed by atoms with Crippen molar-refractivity contribution in [3.05, 3.63) is 176 Å². The standard InChI is InChI=1S/C47H31NO/c1-3-37-38(4-2)46(36-26-34(30-15-7-5-8-16-30)25-35(27-36)31-17-9-6-10-18-31)40-21-13-12-20-39(40)45(37)33-23-24-43-41(28-33)47-44(49-43)29-32-19-11-14-22-42(32)48-47/h3-29H,1-2H2. The van der Waals surface area contributed by atoms with Crippen molar-refractivity contribution in [3.8, 4) is 44.5 Å². The number of furan rings is 1. The maximum Gasteiger partial charge on any atom is 0.154 e. The lowest BCUT2D eigenvalue weighted by atomic mass is 9.82. The predicted octanol–water partition coefficient (Wildman–Crippen LogP) is 13.2. The second-order valence-corrected chi connectivity index (χ2v) is 12.4. The van der Waals surface area contributed by atoms with Crippen molar-refractivity contribution in [2.75, 3.05) is 0 Å². The monoisotopic (exact) mass is 625 g/mol. The van der Waals surface area contributed by atoms with E-state index in [0.29, 0.717) is 0 Å². The highest BCUT2D eigenvalue weighted by Crippen LogP contribution is 2.46. The van der Waals surface area contributed by atoms with Gasteiger partial charge in [0.25, 0.3) is 0 Å². The zero-order valence-electron chi connectivity index (χ0n) is 26.9. The van der Waals surface area contributed by atoms with Crippen LogP contribution < -0.4 is 0 Å². The first-order valence-corrected chi connectivity index (χ1v) is 16.5. The smallest absolute Gasteiger partial charge is 0.154 e. The summed E-state index contributed by atoms with van der Waals surface area (Å²) in [5, 5.41) is 4.36. The summed E-state index contributed by atoms with van der Waals surface area (Å²) in [6.45, 7) is 8.72. The number of hydrogen-bond donors (Lipinski definition) is 0. The van der Waals surface area contributed by atoms with Gasteiger partial charge in [-0.25, -0.2) is 4.98 Å². The molecule has 9 aromatic rings. The molecule has 0 saturated heterocycles. The van der Waals surface area contributed by atoms with Gasteiger partial charge in [-0.1, -0.05) is 135 Å². The summed E-state index contributed by atoms with van der Waals surface area (Å²) in [6, 6.07) is 53.5. The molecule has 0 aliphatic rings. The maximum atomic E-state index is 6.31. The molecule has 0 atom stereocenters. The van der Waals surface area contributed by atoms with Crippen LogP contribution in [-0.4, -0.2) is 4.98 Å². The van der Waals surface area contributed by atoms with Gasteiger partial charge in [0.1, 0.15) is 11.1 Å². The van der Waals surface area contributed by atoms with E-state index in [-0.39, 0.29) is 0 Å². The third-order valence-corrected chi connectivity index (χ3v) is 9.57. The van der Waals surface area contributed by atoms with Crippen molar-refractivity contribution in [3.63, 3.8) is 0 Å². The van der Waals surface area contributed by atoms with E-state index in [9.17, 15) is 0 Å². The van der Waals surface area contributed by atoms with Crippen molar-refractivity contribution in [1.29, 1.82) is 0 Å². The normalized spacial score (nSPS) is 11.4. The third-order valence-electron chi connectivity index (χ3n) is 9.57. The lowest BCUT2D eigenvalue weighted by Gasteiger charge is -2.21. The van der Waals surface area contributed by atoms with E-state index < -0.39 is 0 Å². The molecule has 2 heteroatoms. The van der Waals surface area contributed by atoms with Crippen LogP contribution in [0.1, 0.15) is 11.1 Å². The van der Waals surface area contributed by atoms with Gasteiger partial charge in [0, 0.05) is 10.8 Å². The number of benzene rings is 7. The minimum atomic E-state index is 0.786. The lowest BCUT2D eigenvalue weighted by molar-refractivity contribution is 0.669.